The van der Waals surface area contributed by atoms with Crippen LogP contribution < -0.4 is 5.32 Å². The number of pyridine rings is 1. The maximum atomic E-state index is 12.2. The van der Waals surface area contributed by atoms with E-state index in [9.17, 15) is 4.79 Å². The highest BCUT2D eigenvalue weighted by atomic mass is 35.5. The Hall–Kier alpha value is -2.18. The summed E-state index contributed by atoms with van der Waals surface area (Å²) in [5, 5.41) is 2.90. The Morgan fingerprint density at radius 3 is 2.95 bits per heavy atom. The monoisotopic (exact) mass is 332 g/mol. The molecule has 0 spiro atoms. The number of aromatic nitrogens is 3. The van der Waals surface area contributed by atoms with E-state index in [1.165, 1.54) is 11.3 Å². The van der Waals surface area contributed by atoms with E-state index < -0.39 is 0 Å². The van der Waals surface area contributed by atoms with Crippen LogP contribution in [0.15, 0.2) is 49.2 Å². The Kier molecular flexibility index (Phi) is 4.50. The van der Waals surface area contributed by atoms with Gasteiger partial charge in [0.25, 0.3) is 5.91 Å². The first kappa shape index (κ1) is 14.7. The zero-order valence-corrected chi connectivity index (χ0v) is 13.1. The molecule has 5 nitrogen and oxygen atoms in total. The molecule has 0 bridgehead atoms. The van der Waals surface area contributed by atoms with Gasteiger partial charge >= 0.3 is 0 Å². The van der Waals surface area contributed by atoms with Crippen molar-refractivity contribution in [1.82, 2.24) is 19.9 Å². The predicted octanol–water partition coefficient (Wildman–Crippen LogP) is 2.95. The first-order chi connectivity index (χ1) is 10.7. The minimum Gasteiger partial charge on any atom is -0.352 e. The van der Waals surface area contributed by atoms with Crippen molar-refractivity contribution in [3.63, 3.8) is 0 Å². The summed E-state index contributed by atoms with van der Waals surface area (Å²) < 4.78 is 2.52. The van der Waals surface area contributed by atoms with Crippen molar-refractivity contribution >= 4 is 28.8 Å². The molecule has 0 atom stereocenters. The molecule has 0 unspecified atom stereocenters. The van der Waals surface area contributed by atoms with Gasteiger partial charge in [0.15, 0.2) is 0 Å². The average Bonchev–Trinajstić information content (AvgIpc) is 3.19. The highest BCUT2D eigenvalue weighted by molar-refractivity contribution is 7.16. The van der Waals surface area contributed by atoms with Gasteiger partial charge < -0.3 is 5.32 Å². The van der Waals surface area contributed by atoms with Crippen LogP contribution in [0.25, 0.3) is 5.82 Å². The number of nitrogens with zero attached hydrogens (tertiary/aromatic N) is 3. The quantitative estimate of drug-likeness (QED) is 0.781. The molecule has 22 heavy (non-hydrogen) atoms. The molecule has 3 aromatic heterocycles. The van der Waals surface area contributed by atoms with Gasteiger partial charge in [0, 0.05) is 35.6 Å². The van der Waals surface area contributed by atoms with Crippen LogP contribution in [0.2, 0.25) is 4.34 Å². The normalized spacial score (nSPS) is 10.6. The first-order valence-electron chi connectivity index (χ1n) is 6.69. The molecule has 112 valence electrons. The molecule has 3 heterocycles. The molecule has 1 N–H and O–H groups in total. The third kappa shape index (κ3) is 3.52. The number of amides is 1. The lowest BCUT2D eigenvalue weighted by molar-refractivity contribution is 0.0954. The molecular formula is C15H13ClN4OS. The second kappa shape index (κ2) is 6.72. The molecule has 0 radical (unpaired) electrons. The number of thiophene rings is 1. The van der Waals surface area contributed by atoms with E-state index in [0.717, 1.165) is 15.6 Å². The molecule has 0 fully saturated rings. The van der Waals surface area contributed by atoms with Gasteiger partial charge in [0.1, 0.15) is 12.1 Å². The van der Waals surface area contributed by atoms with Crippen LogP contribution in [-0.4, -0.2) is 27.0 Å². The van der Waals surface area contributed by atoms with Gasteiger partial charge in [0.05, 0.1) is 4.34 Å². The number of hydrogen-bond acceptors (Lipinski definition) is 4. The van der Waals surface area contributed by atoms with Gasteiger partial charge in [-0.05, 0) is 30.7 Å². The number of carbonyl (C=O) groups excluding carboxylic acids is 1. The molecule has 3 aromatic rings. The highest BCUT2D eigenvalue weighted by Crippen LogP contribution is 2.21. The second-order valence-electron chi connectivity index (χ2n) is 4.58. The fourth-order valence-electron chi connectivity index (χ4n) is 1.98. The molecule has 0 saturated carbocycles. The van der Waals surface area contributed by atoms with Crippen LogP contribution >= 0.6 is 22.9 Å². The molecule has 0 aliphatic heterocycles. The van der Waals surface area contributed by atoms with E-state index in [4.69, 9.17) is 11.6 Å². The van der Waals surface area contributed by atoms with Crippen molar-refractivity contribution in [3.8, 4) is 5.82 Å². The number of hydrogen-bond donors (Lipinski definition) is 1. The summed E-state index contributed by atoms with van der Waals surface area (Å²) in [6.07, 6.45) is 7.47. The zero-order chi connectivity index (χ0) is 15.4. The summed E-state index contributed by atoms with van der Waals surface area (Å²) in [4.78, 5) is 21.5. The molecule has 0 aliphatic carbocycles. The summed E-state index contributed by atoms with van der Waals surface area (Å²) in [6, 6.07) is 7.27. The summed E-state index contributed by atoms with van der Waals surface area (Å²) in [7, 11) is 0. The Morgan fingerprint density at radius 1 is 1.32 bits per heavy atom. The summed E-state index contributed by atoms with van der Waals surface area (Å²) in [5.41, 5.74) is 0.572. The minimum atomic E-state index is -0.119. The Labute approximate surface area is 136 Å². The molecule has 0 saturated heterocycles. The van der Waals surface area contributed by atoms with Gasteiger partial charge in [-0.1, -0.05) is 11.6 Å². The highest BCUT2D eigenvalue weighted by Gasteiger charge is 2.07. The molecule has 1 amide bonds. The summed E-state index contributed by atoms with van der Waals surface area (Å²) in [5.74, 6) is 0.543. The standard InChI is InChI=1S/C15H13ClN4OS/c16-13-2-1-12(22-13)4-6-19-15(21)11-3-5-18-14(9-11)20-8-7-17-10-20/h1-3,5,7-10H,4,6H2,(H,19,21). The average molecular weight is 333 g/mol. The fraction of sp³-hybridized carbons (Fsp3) is 0.133. The van der Waals surface area contributed by atoms with Crippen molar-refractivity contribution in [3.05, 3.63) is 64.0 Å². The van der Waals surface area contributed by atoms with E-state index in [2.05, 4.69) is 15.3 Å². The lowest BCUT2D eigenvalue weighted by atomic mass is 10.2. The van der Waals surface area contributed by atoms with Gasteiger partial charge in [0.2, 0.25) is 0 Å². The third-order valence-corrected chi connectivity index (χ3v) is 4.35. The Bertz CT molecular complexity index is 769. The molecule has 3 rings (SSSR count). The predicted molar refractivity (Wildman–Crippen MR) is 86.7 cm³/mol. The van der Waals surface area contributed by atoms with Crippen LogP contribution in [-0.2, 0) is 6.42 Å². The van der Waals surface area contributed by atoms with Crippen LogP contribution in [0.3, 0.4) is 0 Å². The Morgan fingerprint density at radius 2 is 2.23 bits per heavy atom. The topological polar surface area (TPSA) is 59.8 Å². The Balaban J connectivity index is 1.61. The van der Waals surface area contributed by atoms with Crippen LogP contribution in [0.5, 0.6) is 0 Å². The lowest BCUT2D eigenvalue weighted by Crippen LogP contribution is -2.25. The summed E-state index contributed by atoms with van der Waals surface area (Å²) >= 11 is 7.41. The van der Waals surface area contributed by atoms with Gasteiger partial charge in [-0.25, -0.2) is 9.97 Å². The number of halogens is 1. The number of nitrogens with one attached hydrogen (secondary N) is 1. The van der Waals surface area contributed by atoms with E-state index in [1.54, 1.807) is 41.6 Å². The van der Waals surface area contributed by atoms with Crippen molar-refractivity contribution < 1.29 is 4.79 Å². The smallest absolute Gasteiger partial charge is 0.251 e. The molecule has 0 aliphatic rings. The van der Waals surface area contributed by atoms with Crippen molar-refractivity contribution in [1.29, 1.82) is 0 Å². The second-order valence-corrected chi connectivity index (χ2v) is 6.38. The minimum absolute atomic E-state index is 0.119. The SMILES string of the molecule is O=C(NCCc1ccc(Cl)s1)c1ccnc(-n2ccnc2)c1. The van der Waals surface area contributed by atoms with Crippen LogP contribution in [0.1, 0.15) is 15.2 Å². The molecular weight excluding hydrogens is 320 g/mol. The summed E-state index contributed by atoms with van der Waals surface area (Å²) in [6.45, 7) is 0.568. The van der Waals surface area contributed by atoms with Gasteiger partial charge in [-0.3, -0.25) is 9.36 Å². The van der Waals surface area contributed by atoms with Gasteiger partial charge in [-0.15, -0.1) is 11.3 Å². The largest absolute Gasteiger partial charge is 0.352 e. The molecule has 7 heteroatoms. The maximum absolute atomic E-state index is 12.2. The van der Waals surface area contributed by atoms with E-state index in [1.807, 2.05) is 12.1 Å². The van der Waals surface area contributed by atoms with Gasteiger partial charge in [-0.2, -0.15) is 0 Å². The fourth-order valence-corrected chi connectivity index (χ4v) is 3.07. The third-order valence-electron chi connectivity index (χ3n) is 3.06. The van der Waals surface area contributed by atoms with E-state index in [-0.39, 0.29) is 5.91 Å². The lowest BCUT2D eigenvalue weighted by Gasteiger charge is -2.06. The van der Waals surface area contributed by atoms with Crippen molar-refractivity contribution in [2.75, 3.05) is 6.54 Å². The van der Waals surface area contributed by atoms with Crippen molar-refractivity contribution in [2.24, 2.45) is 0 Å². The zero-order valence-electron chi connectivity index (χ0n) is 11.6. The molecule has 0 aromatic carbocycles. The van der Waals surface area contributed by atoms with Crippen molar-refractivity contribution in [2.45, 2.75) is 6.42 Å². The first-order valence-corrected chi connectivity index (χ1v) is 7.88. The van der Waals surface area contributed by atoms with E-state index >= 15 is 0 Å². The number of imidazole rings is 1. The number of rotatable bonds is 5. The number of carbonyl (C=O) groups is 1. The van der Waals surface area contributed by atoms with Crippen LogP contribution in [0, 0.1) is 0 Å². The maximum Gasteiger partial charge on any atom is 0.251 e. The van der Waals surface area contributed by atoms with Crippen LogP contribution in [0.4, 0.5) is 0 Å². The van der Waals surface area contributed by atoms with E-state index in [0.29, 0.717) is 17.9 Å².